The van der Waals surface area contributed by atoms with Crippen molar-refractivity contribution in [1.82, 2.24) is 14.1 Å². The minimum absolute atomic E-state index is 0.0175. The van der Waals surface area contributed by atoms with Gasteiger partial charge < -0.3 is 0 Å². The molecule has 2 aromatic heterocycles. The predicted molar refractivity (Wildman–Crippen MR) is 148 cm³/mol. The highest BCUT2D eigenvalue weighted by atomic mass is 16.1. The highest BCUT2D eigenvalue weighted by molar-refractivity contribution is 5.83. The van der Waals surface area contributed by atoms with Gasteiger partial charge in [0.1, 0.15) is 0 Å². The zero-order valence-electron chi connectivity index (χ0n) is 20.2. The summed E-state index contributed by atoms with van der Waals surface area (Å²) in [6.45, 7) is 0. The summed E-state index contributed by atoms with van der Waals surface area (Å²) in [5.74, 6) is 0. The predicted octanol–water partition coefficient (Wildman–Crippen LogP) is 6.94. The molecule has 0 radical (unpaired) electrons. The number of hydrogen-bond donors (Lipinski definition) is 0. The van der Waals surface area contributed by atoms with E-state index in [1.807, 2.05) is 37.4 Å². The van der Waals surface area contributed by atoms with E-state index in [-0.39, 0.29) is 5.69 Å². The minimum atomic E-state index is -0.0175. The van der Waals surface area contributed by atoms with Gasteiger partial charge >= 0.3 is 5.69 Å². The first-order valence-electron chi connectivity index (χ1n) is 12.0. The molecule has 0 unspecified atom stereocenters. The first-order valence-corrected chi connectivity index (χ1v) is 12.0. The summed E-state index contributed by atoms with van der Waals surface area (Å²) in [5, 5.41) is 0. The molecule has 0 aliphatic heterocycles. The number of hydrogen-bond acceptors (Lipinski definition) is 2. The third kappa shape index (κ3) is 3.83. The second-order valence-corrected chi connectivity index (χ2v) is 9.04. The van der Waals surface area contributed by atoms with Crippen LogP contribution in [0.1, 0.15) is 0 Å². The molecule has 0 saturated carbocycles. The largest absolute Gasteiger partial charge is 0.328 e. The number of nitrogens with zero attached hydrogens (tertiary/aromatic N) is 3. The second kappa shape index (κ2) is 8.82. The lowest BCUT2D eigenvalue weighted by molar-refractivity contribution is 0.795. The van der Waals surface area contributed by atoms with E-state index in [0.29, 0.717) is 0 Å². The zero-order valence-corrected chi connectivity index (χ0v) is 20.2. The van der Waals surface area contributed by atoms with Gasteiger partial charge in [-0.1, -0.05) is 91.0 Å². The molecular weight excluding hydrogens is 442 g/mol. The average molecular weight is 468 g/mol. The van der Waals surface area contributed by atoms with Crippen LogP contribution in [0.3, 0.4) is 0 Å². The van der Waals surface area contributed by atoms with Crippen molar-refractivity contribution in [3.8, 4) is 44.8 Å². The Bertz CT molecular complexity index is 1690. The normalized spacial score (nSPS) is 11.2. The van der Waals surface area contributed by atoms with Crippen LogP contribution in [0.5, 0.6) is 0 Å². The molecule has 0 bridgehead atoms. The van der Waals surface area contributed by atoms with Gasteiger partial charge in [-0.05, 0) is 46.5 Å². The van der Waals surface area contributed by atoms with Crippen molar-refractivity contribution < 1.29 is 0 Å². The van der Waals surface area contributed by atoms with Crippen LogP contribution in [0.2, 0.25) is 0 Å². The monoisotopic (exact) mass is 467 g/mol. The molecular formula is C32H25N3O. The molecule has 6 rings (SSSR count). The van der Waals surface area contributed by atoms with E-state index in [1.54, 1.807) is 16.2 Å². The summed E-state index contributed by atoms with van der Waals surface area (Å²) >= 11 is 0. The van der Waals surface area contributed by atoms with E-state index in [4.69, 9.17) is 4.98 Å². The molecule has 0 aliphatic rings. The molecule has 6 aromatic rings. The molecule has 0 fully saturated rings. The lowest BCUT2D eigenvalue weighted by atomic mass is 9.98. The molecule has 2 heterocycles. The van der Waals surface area contributed by atoms with Gasteiger partial charge in [-0.2, -0.15) is 0 Å². The first-order chi connectivity index (χ1) is 17.6. The topological polar surface area (TPSA) is 39.8 Å². The smallest absolute Gasteiger partial charge is 0.295 e. The highest BCUT2D eigenvalue weighted by Gasteiger charge is 2.11. The third-order valence-electron chi connectivity index (χ3n) is 6.79. The Labute approximate surface area is 209 Å². The van der Waals surface area contributed by atoms with Crippen molar-refractivity contribution in [2.45, 2.75) is 0 Å². The maximum Gasteiger partial charge on any atom is 0.328 e. The Balaban J connectivity index is 1.42. The number of aryl methyl sites for hydroxylation is 2. The van der Waals surface area contributed by atoms with Crippen LogP contribution >= 0.6 is 0 Å². The maximum atomic E-state index is 12.3. The molecule has 0 aliphatic carbocycles. The van der Waals surface area contributed by atoms with E-state index in [9.17, 15) is 4.79 Å². The standard InChI is InChI=1S/C32H25N3O/c1-34-30-18-17-26(21-31(30)35(2)32(34)36)23-13-15-25(16-14-23)29-20-27(22-9-5-3-6-10-22)19-28(33-29)24-11-7-4-8-12-24/h3-21H,1-2H3. The first kappa shape index (κ1) is 21.8. The molecule has 4 nitrogen and oxygen atoms in total. The van der Waals surface area contributed by atoms with Gasteiger partial charge in [0.05, 0.1) is 22.4 Å². The zero-order chi connectivity index (χ0) is 24.6. The molecule has 0 N–H and O–H groups in total. The van der Waals surface area contributed by atoms with Crippen LogP contribution in [0, 0.1) is 0 Å². The van der Waals surface area contributed by atoms with E-state index >= 15 is 0 Å². The number of rotatable bonds is 4. The summed E-state index contributed by atoms with van der Waals surface area (Å²) in [5.41, 5.74) is 10.3. The number of benzene rings is 4. The van der Waals surface area contributed by atoms with E-state index in [0.717, 1.165) is 55.8 Å². The quantitative estimate of drug-likeness (QED) is 0.282. The number of imidazole rings is 1. The second-order valence-electron chi connectivity index (χ2n) is 9.04. The van der Waals surface area contributed by atoms with Crippen molar-refractivity contribution >= 4 is 11.0 Å². The van der Waals surface area contributed by atoms with Crippen LogP contribution in [0.25, 0.3) is 55.8 Å². The number of aromatic nitrogens is 3. The fraction of sp³-hybridized carbons (Fsp3) is 0.0625. The molecule has 174 valence electrons. The summed E-state index contributed by atoms with van der Waals surface area (Å²) in [7, 11) is 3.62. The van der Waals surface area contributed by atoms with E-state index in [2.05, 4.69) is 84.9 Å². The van der Waals surface area contributed by atoms with Gasteiger partial charge in [0.15, 0.2) is 0 Å². The summed E-state index contributed by atoms with van der Waals surface area (Å²) in [4.78, 5) is 17.3. The summed E-state index contributed by atoms with van der Waals surface area (Å²) < 4.78 is 3.37. The Kier molecular flexibility index (Phi) is 5.34. The molecule has 0 amide bonds. The Hall–Kier alpha value is -4.70. The van der Waals surface area contributed by atoms with Gasteiger partial charge in [0.2, 0.25) is 0 Å². The highest BCUT2D eigenvalue weighted by Crippen LogP contribution is 2.31. The van der Waals surface area contributed by atoms with Crippen molar-refractivity contribution in [3.63, 3.8) is 0 Å². The van der Waals surface area contributed by atoms with Gasteiger partial charge in [0, 0.05) is 25.2 Å². The van der Waals surface area contributed by atoms with Crippen LogP contribution in [0.15, 0.2) is 120 Å². The van der Waals surface area contributed by atoms with Crippen LogP contribution in [0.4, 0.5) is 0 Å². The van der Waals surface area contributed by atoms with Crippen molar-refractivity contribution in [2.75, 3.05) is 0 Å². The molecule has 4 heteroatoms. The molecule has 0 atom stereocenters. The fourth-order valence-electron chi connectivity index (χ4n) is 4.75. The van der Waals surface area contributed by atoms with Crippen molar-refractivity contribution in [2.24, 2.45) is 14.1 Å². The summed E-state index contributed by atoms with van der Waals surface area (Å²) in [6.07, 6.45) is 0. The molecule has 36 heavy (non-hydrogen) atoms. The lowest BCUT2D eigenvalue weighted by Crippen LogP contribution is -2.19. The van der Waals surface area contributed by atoms with Gasteiger partial charge in [-0.3, -0.25) is 9.13 Å². The maximum absolute atomic E-state index is 12.3. The van der Waals surface area contributed by atoms with Gasteiger partial charge in [-0.25, -0.2) is 9.78 Å². The van der Waals surface area contributed by atoms with Gasteiger partial charge in [0.25, 0.3) is 0 Å². The summed E-state index contributed by atoms with van der Waals surface area (Å²) in [6, 6.07) is 39.7. The van der Waals surface area contributed by atoms with E-state index < -0.39 is 0 Å². The van der Waals surface area contributed by atoms with Crippen LogP contribution in [-0.4, -0.2) is 14.1 Å². The molecule has 4 aromatic carbocycles. The fourth-order valence-corrected chi connectivity index (χ4v) is 4.75. The molecule has 0 saturated heterocycles. The van der Waals surface area contributed by atoms with E-state index in [1.165, 1.54) is 0 Å². The number of pyridine rings is 1. The van der Waals surface area contributed by atoms with Crippen LogP contribution in [-0.2, 0) is 14.1 Å². The van der Waals surface area contributed by atoms with Crippen LogP contribution < -0.4 is 5.69 Å². The van der Waals surface area contributed by atoms with Gasteiger partial charge in [-0.15, -0.1) is 0 Å². The Morgan fingerprint density at radius 3 is 1.58 bits per heavy atom. The average Bonchev–Trinajstić information content (AvgIpc) is 3.17. The Morgan fingerprint density at radius 2 is 0.944 bits per heavy atom. The Morgan fingerprint density at radius 1 is 0.472 bits per heavy atom. The molecule has 0 spiro atoms. The lowest BCUT2D eigenvalue weighted by Gasteiger charge is -2.11. The van der Waals surface area contributed by atoms with Crippen molar-refractivity contribution in [1.29, 1.82) is 0 Å². The van der Waals surface area contributed by atoms with Crippen molar-refractivity contribution in [3.05, 3.63) is 126 Å². The number of fused-ring (bicyclic) bond motifs is 1. The SMILES string of the molecule is Cn1c(=O)n(C)c2cc(-c3ccc(-c4cc(-c5ccccc5)cc(-c5ccccc5)n4)cc3)ccc21. The minimum Gasteiger partial charge on any atom is -0.295 e. The third-order valence-corrected chi connectivity index (χ3v) is 6.79.